The number of thiophene rings is 1. The van der Waals surface area contributed by atoms with Gasteiger partial charge in [-0.25, -0.2) is 0 Å². The number of ether oxygens (including phenoxy) is 2. The molecule has 1 amide bonds. The summed E-state index contributed by atoms with van der Waals surface area (Å²) in [6, 6.07) is 11.0. The molecule has 1 aromatic carbocycles. The molecule has 1 saturated heterocycles. The van der Waals surface area contributed by atoms with E-state index in [1.165, 1.54) is 11.3 Å². The number of hydrogen-bond donors (Lipinski definition) is 0. The molecule has 0 radical (unpaired) electrons. The Morgan fingerprint density at radius 3 is 2.94 bits per heavy atom. The van der Waals surface area contributed by atoms with Crippen molar-refractivity contribution in [3.05, 3.63) is 52.5 Å². The second kappa shape index (κ2) is 9.74. The zero-order valence-corrected chi connectivity index (χ0v) is 18.0. The van der Waals surface area contributed by atoms with Gasteiger partial charge in [-0.1, -0.05) is 23.4 Å². The maximum Gasteiger partial charge on any atom is 0.311 e. The molecule has 9 heteroatoms. The maximum atomic E-state index is 12.6. The van der Waals surface area contributed by atoms with Gasteiger partial charge in [0.2, 0.25) is 5.82 Å². The van der Waals surface area contributed by atoms with Crippen molar-refractivity contribution >= 4 is 23.2 Å². The summed E-state index contributed by atoms with van der Waals surface area (Å²) in [5.74, 6) is 0.475. The van der Waals surface area contributed by atoms with Gasteiger partial charge >= 0.3 is 5.97 Å². The number of para-hydroxylation sites is 1. The van der Waals surface area contributed by atoms with Crippen LogP contribution in [0.1, 0.15) is 35.3 Å². The van der Waals surface area contributed by atoms with E-state index in [0.29, 0.717) is 48.1 Å². The second-order valence-corrected chi connectivity index (χ2v) is 8.06. The number of benzene rings is 1. The molecule has 162 valence electrons. The molecule has 1 atom stereocenters. The molecule has 1 fully saturated rings. The highest BCUT2D eigenvalue weighted by atomic mass is 32.1. The summed E-state index contributed by atoms with van der Waals surface area (Å²) in [6.07, 6.45) is 1.44. The van der Waals surface area contributed by atoms with Crippen molar-refractivity contribution in [2.75, 3.05) is 19.7 Å². The monoisotopic (exact) mass is 441 g/mol. The third-order valence-electron chi connectivity index (χ3n) is 5.01. The van der Waals surface area contributed by atoms with Crippen molar-refractivity contribution in [3.63, 3.8) is 0 Å². The molecule has 1 aliphatic heterocycles. The minimum Gasteiger partial charge on any atom is -0.493 e. The summed E-state index contributed by atoms with van der Waals surface area (Å²) in [4.78, 5) is 31.9. The lowest BCUT2D eigenvalue weighted by atomic mass is 9.98. The van der Waals surface area contributed by atoms with Crippen molar-refractivity contribution in [2.45, 2.75) is 26.4 Å². The molecule has 3 heterocycles. The van der Waals surface area contributed by atoms with Crippen LogP contribution in [0.5, 0.6) is 5.75 Å². The lowest BCUT2D eigenvalue weighted by molar-refractivity contribution is -0.152. The molecule has 8 nitrogen and oxygen atoms in total. The van der Waals surface area contributed by atoms with Crippen LogP contribution in [0.15, 0.2) is 46.3 Å². The van der Waals surface area contributed by atoms with Crippen LogP contribution in [0.25, 0.3) is 11.4 Å². The lowest BCUT2D eigenvalue weighted by Crippen LogP contribution is -2.42. The van der Waals surface area contributed by atoms with Gasteiger partial charge in [0.1, 0.15) is 5.75 Å². The Bertz CT molecular complexity index is 1030. The average molecular weight is 442 g/mol. The molecule has 2 aromatic heterocycles. The van der Waals surface area contributed by atoms with Crippen LogP contribution in [0.4, 0.5) is 0 Å². The summed E-state index contributed by atoms with van der Waals surface area (Å²) in [5, 5.41) is 5.84. The Hall–Kier alpha value is -3.20. The number of carbonyl (C=O) groups excluding carboxylic acids is 2. The number of amides is 1. The maximum absolute atomic E-state index is 12.6. The van der Waals surface area contributed by atoms with Crippen LogP contribution in [0, 0.1) is 5.92 Å². The summed E-state index contributed by atoms with van der Waals surface area (Å²) < 4.78 is 16.2. The van der Waals surface area contributed by atoms with E-state index >= 15 is 0 Å². The van der Waals surface area contributed by atoms with Crippen LogP contribution >= 0.6 is 11.3 Å². The van der Waals surface area contributed by atoms with E-state index < -0.39 is 0 Å². The largest absolute Gasteiger partial charge is 0.493 e. The molecule has 0 bridgehead atoms. The lowest BCUT2D eigenvalue weighted by Gasteiger charge is -2.31. The molecule has 0 spiro atoms. The van der Waals surface area contributed by atoms with Gasteiger partial charge in [0, 0.05) is 13.1 Å². The Morgan fingerprint density at radius 1 is 1.26 bits per heavy atom. The fourth-order valence-corrected chi connectivity index (χ4v) is 4.21. The highest BCUT2D eigenvalue weighted by Crippen LogP contribution is 2.28. The van der Waals surface area contributed by atoms with Crippen molar-refractivity contribution in [1.82, 2.24) is 15.0 Å². The van der Waals surface area contributed by atoms with Crippen LogP contribution in [0.3, 0.4) is 0 Å². The van der Waals surface area contributed by atoms with Crippen molar-refractivity contribution in [2.24, 2.45) is 5.92 Å². The predicted molar refractivity (Wildman–Crippen MR) is 114 cm³/mol. The molecule has 1 unspecified atom stereocenters. The number of likely N-dealkylation sites (tertiary alicyclic amines) is 1. The Kier molecular flexibility index (Phi) is 6.61. The fraction of sp³-hybridized carbons (Fsp3) is 0.364. The second-order valence-electron chi connectivity index (χ2n) is 7.12. The quantitative estimate of drug-likeness (QED) is 0.515. The van der Waals surface area contributed by atoms with Crippen molar-refractivity contribution in [1.29, 1.82) is 0 Å². The molecular formula is C22H23N3O5S. The number of esters is 1. The highest BCUT2D eigenvalue weighted by molar-refractivity contribution is 7.12. The van der Waals surface area contributed by atoms with E-state index in [9.17, 15) is 9.59 Å². The Balaban J connectivity index is 1.34. The third kappa shape index (κ3) is 4.93. The van der Waals surface area contributed by atoms with Gasteiger partial charge in [0.05, 0.1) is 23.0 Å². The smallest absolute Gasteiger partial charge is 0.311 e. The molecule has 0 N–H and O–H groups in total. The number of piperidine rings is 1. The van der Waals surface area contributed by atoms with Crippen LogP contribution in [0.2, 0.25) is 0 Å². The van der Waals surface area contributed by atoms with E-state index in [1.807, 2.05) is 42.6 Å². The van der Waals surface area contributed by atoms with Gasteiger partial charge in [-0.05, 0) is 43.3 Å². The number of nitrogens with zero attached hydrogens (tertiary/aromatic N) is 3. The SMILES string of the molecule is CCOc1ccccc1-c1noc(COC(=O)C2CCCN(C(=O)c3cccs3)C2)n1. The van der Waals surface area contributed by atoms with Crippen LogP contribution < -0.4 is 4.74 Å². The van der Waals surface area contributed by atoms with E-state index in [2.05, 4.69) is 10.1 Å². The predicted octanol–water partition coefficient (Wildman–Crippen LogP) is 3.79. The van der Waals surface area contributed by atoms with Crippen LogP contribution in [-0.4, -0.2) is 46.6 Å². The molecule has 4 rings (SSSR count). The standard InChI is InChI=1S/C22H23N3O5S/c1-2-28-17-9-4-3-8-16(17)20-23-19(30-24-20)14-29-22(27)15-7-5-11-25(13-15)21(26)18-10-6-12-31-18/h3-4,6,8-10,12,15H,2,5,7,11,13-14H2,1H3. The molecule has 0 saturated carbocycles. The average Bonchev–Trinajstić information content (AvgIpc) is 3.50. The van der Waals surface area contributed by atoms with Crippen LogP contribution in [-0.2, 0) is 16.1 Å². The number of rotatable bonds is 7. The first-order valence-electron chi connectivity index (χ1n) is 10.2. The first-order chi connectivity index (χ1) is 15.2. The van der Waals surface area contributed by atoms with Gasteiger partial charge in [0.15, 0.2) is 6.61 Å². The summed E-state index contributed by atoms with van der Waals surface area (Å²) in [6.45, 7) is 3.31. The van der Waals surface area contributed by atoms with Crippen molar-refractivity contribution in [3.8, 4) is 17.1 Å². The van der Waals surface area contributed by atoms with Gasteiger partial charge in [-0.2, -0.15) is 4.98 Å². The number of aromatic nitrogens is 2. The molecule has 0 aliphatic carbocycles. The van der Waals surface area contributed by atoms with E-state index in [-0.39, 0.29) is 30.3 Å². The van der Waals surface area contributed by atoms with Gasteiger partial charge < -0.3 is 18.9 Å². The van der Waals surface area contributed by atoms with Crippen molar-refractivity contribution < 1.29 is 23.6 Å². The highest BCUT2D eigenvalue weighted by Gasteiger charge is 2.30. The summed E-state index contributed by atoms with van der Waals surface area (Å²) in [7, 11) is 0. The number of carbonyl (C=O) groups is 2. The Labute approximate surface area is 183 Å². The topological polar surface area (TPSA) is 94.8 Å². The fourth-order valence-electron chi connectivity index (χ4n) is 3.52. The van der Waals surface area contributed by atoms with E-state index in [4.69, 9.17) is 14.0 Å². The van der Waals surface area contributed by atoms with Gasteiger partial charge in [-0.15, -0.1) is 11.3 Å². The zero-order valence-electron chi connectivity index (χ0n) is 17.2. The normalized spacial score (nSPS) is 16.2. The molecular weight excluding hydrogens is 418 g/mol. The van der Waals surface area contributed by atoms with E-state index in [0.717, 1.165) is 6.42 Å². The summed E-state index contributed by atoms with van der Waals surface area (Å²) >= 11 is 1.40. The molecule has 1 aliphatic rings. The first-order valence-corrected chi connectivity index (χ1v) is 11.1. The van der Waals surface area contributed by atoms with Gasteiger partial charge in [0.25, 0.3) is 11.8 Å². The molecule has 3 aromatic rings. The minimum atomic E-state index is -0.363. The first kappa shape index (κ1) is 21.0. The Morgan fingerprint density at radius 2 is 2.13 bits per heavy atom. The van der Waals surface area contributed by atoms with E-state index in [1.54, 1.807) is 11.0 Å². The minimum absolute atomic E-state index is 0.0398. The zero-order chi connectivity index (χ0) is 21.6. The third-order valence-corrected chi connectivity index (χ3v) is 5.87. The van der Waals surface area contributed by atoms with Gasteiger partial charge in [-0.3, -0.25) is 9.59 Å². The molecule has 31 heavy (non-hydrogen) atoms. The summed E-state index contributed by atoms with van der Waals surface area (Å²) in [5.41, 5.74) is 0.709. The number of hydrogen-bond acceptors (Lipinski definition) is 8.